The number of alkyl halides is 1. The number of carbonyl (C=O) groups excluding carboxylic acids is 1. The van der Waals surface area contributed by atoms with E-state index in [-0.39, 0.29) is 13.0 Å². The van der Waals surface area contributed by atoms with Gasteiger partial charge < -0.3 is 15.4 Å². The summed E-state index contributed by atoms with van der Waals surface area (Å²) in [6.45, 7) is 7.50. The number of ether oxygens (including phenoxy) is 1. The molecule has 2 atom stereocenters. The predicted molar refractivity (Wildman–Crippen MR) is 59.9 cm³/mol. The first-order valence-electron chi connectivity index (χ1n) is 5.50. The van der Waals surface area contributed by atoms with Crippen LogP contribution in [0.25, 0.3) is 0 Å². The van der Waals surface area contributed by atoms with Gasteiger partial charge in [0.1, 0.15) is 11.8 Å². The van der Waals surface area contributed by atoms with Gasteiger partial charge in [-0.2, -0.15) is 0 Å². The quantitative estimate of drug-likeness (QED) is 0.691. The summed E-state index contributed by atoms with van der Waals surface area (Å²) in [7, 11) is 0. The first-order chi connectivity index (χ1) is 7.09. The normalized spacial score (nSPS) is 31.4. The molecule has 1 aliphatic rings. The smallest absolute Gasteiger partial charge is 0.410 e. The van der Waals surface area contributed by atoms with Crippen molar-refractivity contribution in [2.75, 3.05) is 13.1 Å². The van der Waals surface area contributed by atoms with E-state index in [0.717, 1.165) is 0 Å². The van der Waals surface area contributed by atoms with Gasteiger partial charge in [-0.05, 0) is 34.1 Å². The number of rotatable bonds is 0. The zero-order chi connectivity index (χ0) is 12.6. The van der Waals surface area contributed by atoms with Gasteiger partial charge in [-0.1, -0.05) is 0 Å². The fraction of sp³-hybridized carbons (Fsp3) is 0.909. The largest absolute Gasteiger partial charge is 0.444 e. The zero-order valence-electron chi connectivity index (χ0n) is 10.4. The van der Waals surface area contributed by atoms with E-state index in [1.807, 2.05) is 0 Å². The molecule has 0 spiro atoms. The molecular weight excluding hydrogens is 211 g/mol. The van der Waals surface area contributed by atoms with E-state index in [1.54, 1.807) is 27.7 Å². The molecule has 4 nitrogen and oxygen atoms in total. The minimum absolute atomic E-state index is 0.0711. The molecule has 0 saturated carbocycles. The highest BCUT2D eigenvalue weighted by molar-refractivity contribution is 5.68. The van der Waals surface area contributed by atoms with Crippen LogP contribution >= 0.6 is 0 Å². The molecule has 2 N–H and O–H groups in total. The Morgan fingerprint density at radius 1 is 1.56 bits per heavy atom. The van der Waals surface area contributed by atoms with E-state index >= 15 is 0 Å². The van der Waals surface area contributed by atoms with Crippen molar-refractivity contribution in [3.05, 3.63) is 0 Å². The van der Waals surface area contributed by atoms with Crippen molar-refractivity contribution in [2.24, 2.45) is 5.73 Å². The van der Waals surface area contributed by atoms with Crippen molar-refractivity contribution in [1.82, 2.24) is 4.90 Å². The summed E-state index contributed by atoms with van der Waals surface area (Å²) in [5, 5.41) is 0. The lowest BCUT2D eigenvalue weighted by molar-refractivity contribution is 0.00382. The van der Waals surface area contributed by atoms with Crippen molar-refractivity contribution in [3.8, 4) is 0 Å². The Morgan fingerprint density at radius 2 is 2.12 bits per heavy atom. The van der Waals surface area contributed by atoms with Gasteiger partial charge in [0.2, 0.25) is 0 Å². The highest BCUT2D eigenvalue weighted by Crippen LogP contribution is 2.22. The van der Waals surface area contributed by atoms with E-state index in [9.17, 15) is 9.18 Å². The van der Waals surface area contributed by atoms with Crippen LogP contribution in [0.4, 0.5) is 9.18 Å². The summed E-state index contributed by atoms with van der Waals surface area (Å²) in [4.78, 5) is 13.1. The van der Waals surface area contributed by atoms with Crippen molar-refractivity contribution in [1.29, 1.82) is 0 Å². The third-order valence-corrected chi connectivity index (χ3v) is 2.31. The topological polar surface area (TPSA) is 55.6 Å². The highest BCUT2D eigenvalue weighted by atomic mass is 19.1. The number of likely N-dealkylation sites (tertiary alicyclic amines) is 1. The Hall–Kier alpha value is -0.840. The molecule has 16 heavy (non-hydrogen) atoms. The zero-order valence-corrected chi connectivity index (χ0v) is 10.4. The van der Waals surface area contributed by atoms with Gasteiger partial charge in [-0.25, -0.2) is 9.18 Å². The van der Waals surface area contributed by atoms with Gasteiger partial charge in [-0.15, -0.1) is 0 Å². The molecule has 0 unspecified atom stereocenters. The van der Waals surface area contributed by atoms with Gasteiger partial charge in [-0.3, -0.25) is 0 Å². The number of hydrogen-bond acceptors (Lipinski definition) is 3. The number of nitrogens with two attached hydrogens (primary N) is 1. The molecule has 0 aromatic rings. The second-order valence-electron chi connectivity index (χ2n) is 5.82. The van der Waals surface area contributed by atoms with Crippen LogP contribution in [0.3, 0.4) is 0 Å². The lowest BCUT2D eigenvalue weighted by atomic mass is 9.91. The molecule has 1 saturated heterocycles. The van der Waals surface area contributed by atoms with Crippen LogP contribution in [-0.4, -0.2) is 41.4 Å². The monoisotopic (exact) mass is 232 g/mol. The maximum Gasteiger partial charge on any atom is 0.410 e. The van der Waals surface area contributed by atoms with Crippen molar-refractivity contribution in [2.45, 2.75) is 51.4 Å². The average Bonchev–Trinajstić information content (AvgIpc) is 1.96. The molecule has 1 rings (SSSR count). The maximum atomic E-state index is 13.4. The number of amides is 1. The summed E-state index contributed by atoms with van der Waals surface area (Å²) in [5.41, 5.74) is 4.63. The van der Waals surface area contributed by atoms with Crippen LogP contribution in [0.5, 0.6) is 0 Å². The van der Waals surface area contributed by atoms with Crippen LogP contribution in [0.15, 0.2) is 0 Å². The molecule has 1 heterocycles. The SMILES string of the molecule is CC(C)(C)OC(=O)N1C[C@H](F)C[C@](C)(N)C1. The summed E-state index contributed by atoms with van der Waals surface area (Å²) < 4.78 is 18.6. The van der Waals surface area contributed by atoms with Crippen LogP contribution in [0, 0.1) is 0 Å². The molecule has 94 valence electrons. The van der Waals surface area contributed by atoms with Crippen molar-refractivity contribution >= 4 is 6.09 Å². The second kappa shape index (κ2) is 4.20. The molecule has 0 aromatic heterocycles. The molecule has 1 fully saturated rings. The molecule has 5 heteroatoms. The lowest BCUT2D eigenvalue weighted by Gasteiger charge is -2.39. The van der Waals surface area contributed by atoms with E-state index in [0.29, 0.717) is 6.54 Å². The minimum atomic E-state index is -1.07. The third kappa shape index (κ3) is 3.96. The second-order valence-corrected chi connectivity index (χ2v) is 5.82. The van der Waals surface area contributed by atoms with E-state index in [2.05, 4.69) is 0 Å². The van der Waals surface area contributed by atoms with E-state index < -0.39 is 23.4 Å². The molecule has 1 amide bonds. The maximum absolute atomic E-state index is 13.4. The van der Waals surface area contributed by atoms with Crippen molar-refractivity contribution in [3.63, 3.8) is 0 Å². The average molecular weight is 232 g/mol. The van der Waals surface area contributed by atoms with Crippen molar-refractivity contribution < 1.29 is 13.9 Å². The fourth-order valence-corrected chi connectivity index (χ4v) is 1.84. The van der Waals surface area contributed by atoms with Gasteiger partial charge in [0.15, 0.2) is 0 Å². The van der Waals surface area contributed by atoms with E-state index in [1.165, 1.54) is 4.90 Å². The Kier molecular flexibility index (Phi) is 3.47. The van der Waals surface area contributed by atoms with Gasteiger partial charge >= 0.3 is 6.09 Å². The number of nitrogens with zero attached hydrogens (tertiary/aromatic N) is 1. The lowest BCUT2D eigenvalue weighted by Crippen LogP contribution is -2.58. The molecule has 0 radical (unpaired) electrons. The van der Waals surface area contributed by atoms with Crippen LogP contribution in [0.1, 0.15) is 34.1 Å². The Morgan fingerprint density at radius 3 is 2.56 bits per heavy atom. The van der Waals surface area contributed by atoms with Crippen LogP contribution in [-0.2, 0) is 4.74 Å². The first kappa shape index (κ1) is 13.2. The van der Waals surface area contributed by atoms with Gasteiger partial charge in [0.05, 0.1) is 6.54 Å². The molecule has 0 aromatic carbocycles. The summed E-state index contributed by atoms with van der Waals surface area (Å²) in [6.07, 6.45) is -1.28. The third-order valence-electron chi connectivity index (χ3n) is 2.31. The number of piperidine rings is 1. The Labute approximate surface area is 95.9 Å². The van der Waals surface area contributed by atoms with Gasteiger partial charge in [0, 0.05) is 12.1 Å². The first-order valence-corrected chi connectivity index (χ1v) is 5.50. The summed E-state index contributed by atoms with van der Waals surface area (Å²) in [5.74, 6) is 0. The molecule has 0 bridgehead atoms. The number of carbonyl (C=O) groups is 1. The standard InChI is InChI=1S/C11H21FN2O2/c1-10(2,3)16-9(15)14-6-8(12)5-11(4,13)7-14/h8H,5-7,13H2,1-4H3/t8-,11+/m1/s1. The fourth-order valence-electron chi connectivity index (χ4n) is 1.84. The van der Waals surface area contributed by atoms with Crippen LogP contribution in [0.2, 0.25) is 0 Å². The predicted octanol–water partition coefficient (Wildman–Crippen LogP) is 1.68. The minimum Gasteiger partial charge on any atom is -0.444 e. The Balaban J connectivity index is 2.63. The van der Waals surface area contributed by atoms with E-state index in [4.69, 9.17) is 10.5 Å². The van der Waals surface area contributed by atoms with Gasteiger partial charge in [0.25, 0.3) is 0 Å². The summed E-state index contributed by atoms with van der Waals surface area (Å²) in [6, 6.07) is 0. The molecule has 1 aliphatic heterocycles. The Bertz CT molecular complexity index is 274. The molecule has 0 aliphatic carbocycles. The number of hydrogen-bond donors (Lipinski definition) is 1. The highest BCUT2D eigenvalue weighted by Gasteiger charge is 2.37. The number of halogens is 1. The van der Waals surface area contributed by atoms with Crippen LogP contribution < -0.4 is 5.73 Å². The molecular formula is C11H21FN2O2. The summed E-state index contributed by atoms with van der Waals surface area (Å²) >= 11 is 0.